The maximum Gasteiger partial charge on any atom is 0.309 e. The summed E-state index contributed by atoms with van der Waals surface area (Å²) >= 11 is 0. The number of carbonyl (C=O) groups excluding carboxylic acids is 2. The third-order valence-electron chi connectivity index (χ3n) is 4.43. The van der Waals surface area contributed by atoms with E-state index in [1.54, 1.807) is 0 Å². The zero-order valence-electron chi connectivity index (χ0n) is 13.4. The normalized spacial score (nSPS) is 20.8. The molecule has 1 aliphatic rings. The van der Waals surface area contributed by atoms with Crippen molar-refractivity contribution in [3.05, 3.63) is 48.0 Å². The van der Waals surface area contributed by atoms with Crippen LogP contribution in [0.5, 0.6) is 0 Å². The highest BCUT2D eigenvalue weighted by molar-refractivity contribution is 5.87. The number of benzene rings is 2. The average molecular weight is 311 g/mol. The quantitative estimate of drug-likeness (QED) is 0.863. The van der Waals surface area contributed by atoms with Crippen molar-refractivity contribution in [1.82, 2.24) is 5.32 Å². The molecule has 0 aromatic heterocycles. The van der Waals surface area contributed by atoms with Crippen molar-refractivity contribution in [2.75, 3.05) is 6.61 Å². The molecule has 23 heavy (non-hydrogen) atoms. The van der Waals surface area contributed by atoms with Gasteiger partial charge >= 0.3 is 5.97 Å². The van der Waals surface area contributed by atoms with E-state index >= 15 is 0 Å². The minimum Gasteiger partial charge on any atom is -0.455 e. The summed E-state index contributed by atoms with van der Waals surface area (Å²) in [6.07, 6.45) is 0.868. The van der Waals surface area contributed by atoms with Gasteiger partial charge in [-0.15, -0.1) is 0 Å². The Kier molecular flexibility index (Phi) is 4.33. The van der Waals surface area contributed by atoms with Crippen LogP contribution in [0.15, 0.2) is 42.5 Å². The lowest BCUT2D eigenvalue weighted by Crippen LogP contribution is -2.31. The lowest BCUT2D eigenvalue weighted by molar-refractivity contribution is -0.150. The van der Waals surface area contributed by atoms with Crippen molar-refractivity contribution < 1.29 is 14.3 Å². The van der Waals surface area contributed by atoms with Crippen molar-refractivity contribution in [3.8, 4) is 0 Å². The summed E-state index contributed by atoms with van der Waals surface area (Å²) in [5.74, 6) is -0.156. The van der Waals surface area contributed by atoms with Crippen LogP contribution in [-0.2, 0) is 14.3 Å². The first-order chi connectivity index (χ1) is 11.1. The Bertz CT molecular complexity index is 735. The topological polar surface area (TPSA) is 55.4 Å². The van der Waals surface area contributed by atoms with Crippen LogP contribution in [0.2, 0.25) is 0 Å². The van der Waals surface area contributed by atoms with Crippen LogP contribution in [-0.4, -0.2) is 18.5 Å². The molecule has 0 heterocycles. The Hall–Kier alpha value is -2.36. The molecule has 1 N–H and O–H groups in total. The highest BCUT2D eigenvalue weighted by Gasteiger charge is 2.40. The van der Waals surface area contributed by atoms with E-state index in [1.165, 1.54) is 0 Å². The molecular weight excluding hydrogens is 290 g/mol. The van der Waals surface area contributed by atoms with Gasteiger partial charge in [0.2, 0.25) is 0 Å². The number of carbonyl (C=O) groups is 2. The largest absolute Gasteiger partial charge is 0.455 e. The van der Waals surface area contributed by atoms with Crippen molar-refractivity contribution in [2.45, 2.75) is 26.3 Å². The second kappa shape index (κ2) is 6.41. The molecule has 0 bridgehead atoms. The third kappa shape index (κ3) is 3.52. The van der Waals surface area contributed by atoms with Gasteiger partial charge in [0.15, 0.2) is 6.61 Å². The number of hydrogen-bond donors (Lipinski definition) is 1. The van der Waals surface area contributed by atoms with Crippen LogP contribution in [0, 0.1) is 11.8 Å². The zero-order valence-corrected chi connectivity index (χ0v) is 13.4. The summed E-state index contributed by atoms with van der Waals surface area (Å²) in [6.45, 7) is 3.73. The van der Waals surface area contributed by atoms with Crippen LogP contribution in [0.4, 0.5) is 0 Å². The smallest absolute Gasteiger partial charge is 0.309 e. The number of hydrogen-bond acceptors (Lipinski definition) is 3. The molecule has 120 valence electrons. The van der Waals surface area contributed by atoms with E-state index < -0.39 is 0 Å². The van der Waals surface area contributed by atoms with E-state index in [9.17, 15) is 9.59 Å². The molecule has 3 rings (SSSR count). The van der Waals surface area contributed by atoms with E-state index in [-0.39, 0.29) is 30.4 Å². The highest BCUT2D eigenvalue weighted by atomic mass is 16.5. The van der Waals surface area contributed by atoms with Gasteiger partial charge in [0.05, 0.1) is 12.0 Å². The third-order valence-corrected chi connectivity index (χ3v) is 4.43. The van der Waals surface area contributed by atoms with Crippen molar-refractivity contribution in [1.29, 1.82) is 0 Å². The number of esters is 1. The van der Waals surface area contributed by atoms with Gasteiger partial charge in [-0.25, -0.2) is 0 Å². The van der Waals surface area contributed by atoms with Gasteiger partial charge in [-0.2, -0.15) is 0 Å². The molecule has 1 fully saturated rings. The lowest BCUT2D eigenvalue weighted by Gasteiger charge is -2.16. The SMILES string of the molecule is C[C@H](NC(=O)COC(=O)[C@H]1C[C@H]1C)c1cccc2ccccc12. The predicted molar refractivity (Wildman–Crippen MR) is 88.7 cm³/mol. The summed E-state index contributed by atoms with van der Waals surface area (Å²) < 4.78 is 5.07. The van der Waals surface area contributed by atoms with Crippen LogP contribution in [0.25, 0.3) is 10.8 Å². The minimum atomic E-state index is -0.271. The monoisotopic (exact) mass is 311 g/mol. The number of amides is 1. The van der Waals surface area contributed by atoms with Gasteiger partial charge in [-0.05, 0) is 35.6 Å². The summed E-state index contributed by atoms with van der Waals surface area (Å²) in [6, 6.07) is 14.0. The molecule has 2 aromatic carbocycles. The second-order valence-corrected chi connectivity index (χ2v) is 6.28. The molecule has 4 nitrogen and oxygen atoms in total. The first-order valence-corrected chi connectivity index (χ1v) is 8.00. The van der Waals surface area contributed by atoms with Crippen LogP contribution < -0.4 is 5.32 Å². The maximum atomic E-state index is 12.0. The molecule has 0 unspecified atom stereocenters. The fourth-order valence-electron chi connectivity index (χ4n) is 2.88. The number of fused-ring (bicyclic) bond motifs is 1. The predicted octanol–water partition coefficient (Wildman–Crippen LogP) is 3.22. The molecule has 3 atom stereocenters. The molecule has 1 aliphatic carbocycles. The average Bonchev–Trinajstić information content (AvgIpc) is 3.29. The highest BCUT2D eigenvalue weighted by Crippen LogP contribution is 2.38. The summed E-state index contributed by atoms with van der Waals surface area (Å²) in [4.78, 5) is 23.7. The minimum absolute atomic E-state index is 0.0155. The molecule has 0 radical (unpaired) electrons. The standard InChI is InChI=1S/C19H21NO3/c1-12-10-17(12)19(22)23-11-18(21)20-13(2)15-9-5-7-14-6-3-4-8-16(14)15/h3-9,12-13,17H,10-11H2,1-2H3,(H,20,21)/t12-,13+,17+/m1/s1. The number of nitrogens with one attached hydrogen (secondary N) is 1. The van der Waals surface area contributed by atoms with Gasteiger partial charge in [-0.1, -0.05) is 49.4 Å². The summed E-state index contributed by atoms with van der Waals surface area (Å²) in [5.41, 5.74) is 1.05. The van der Waals surface area contributed by atoms with Crippen LogP contribution in [0.3, 0.4) is 0 Å². The van der Waals surface area contributed by atoms with E-state index in [1.807, 2.05) is 56.3 Å². The summed E-state index contributed by atoms with van der Waals surface area (Å²) in [5, 5.41) is 5.15. The van der Waals surface area contributed by atoms with Gasteiger partial charge in [0.1, 0.15) is 0 Å². The van der Waals surface area contributed by atoms with Crippen molar-refractivity contribution in [2.24, 2.45) is 11.8 Å². The van der Waals surface area contributed by atoms with Gasteiger partial charge in [0.25, 0.3) is 5.91 Å². The Balaban J connectivity index is 1.60. The molecule has 0 saturated heterocycles. The van der Waals surface area contributed by atoms with Gasteiger partial charge < -0.3 is 10.1 Å². The fourth-order valence-corrected chi connectivity index (χ4v) is 2.88. The van der Waals surface area contributed by atoms with Crippen LogP contribution >= 0.6 is 0 Å². The molecule has 4 heteroatoms. The zero-order chi connectivity index (χ0) is 16.4. The fraction of sp³-hybridized carbons (Fsp3) is 0.368. The molecule has 0 spiro atoms. The first-order valence-electron chi connectivity index (χ1n) is 8.00. The maximum absolute atomic E-state index is 12.0. The van der Waals surface area contributed by atoms with E-state index in [2.05, 4.69) is 5.32 Å². The molecule has 1 amide bonds. The Labute approximate surface area is 135 Å². The molecular formula is C19H21NO3. The molecule has 0 aliphatic heterocycles. The number of ether oxygens (including phenoxy) is 1. The molecule has 2 aromatic rings. The summed E-state index contributed by atoms with van der Waals surface area (Å²) in [7, 11) is 0. The Morgan fingerprint density at radius 3 is 2.65 bits per heavy atom. The van der Waals surface area contributed by atoms with Gasteiger partial charge in [-0.3, -0.25) is 9.59 Å². The first kappa shape index (κ1) is 15.5. The Morgan fingerprint density at radius 1 is 1.22 bits per heavy atom. The van der Waals surface area contributed by atoms with Crippen molar-refractivity contribution in [3.63, 3.8) is 0 Å². The van der Waals surface area contributed by atoms with Crippen LogP contribution in [0.1, 0.15) is 31.9 Å². The van der Waals surface area contributed by atoms with E-state index in [0.29, 0.717) is 5.92 Å². The van der Waals surface area contributed by atoms with Gasteiger partial charge in [0, 0.05) is 0 Å². The lowest BCUT2D eigenvalue weighted by atomic mass is 10.00. The number of rotatable bonds is 5. The molecule has 1 saturated carbocycles. The second-order valence-electron chi connectivity index (χ2n) is 6.28. The van der Waals surface area contributed by atoms with E-state index in [0.717, 1.165) is 22.8 Å². The van der Waals surface area contributed by atoms with Crippen molar-refractivity contribution >= 4 is 22.6 Å². The van der Waals surface area contributed by atoms with E-state index in [4.69, 9.17) is 4.74 Å². The Morgan fingerprint density at radius 2 is 1.91 bits per heavy atom.